The minimum atomic E-state index is -3.93. The van der Waals surface area contributed by atoms with Crippen LogP contribution in [0.2, 0.25) is 0 Å². The second-order valence-electron chi connectivity index (χ2n) is 3.52. The highest BCUT2D eigenvalue weighted by Gasteiger charge is 2.19. The van der Waals surface area contributed by atoms with Gasteiger partial charge in [-0.25, -0.2) is 5.84 Å². The molecule has 0 aromatic heterocycles. The van der Waals surface area contributed by atoms with Gasteiger partial charge in [0.05, 0.1) is 0 Å². The molecule has 5 nitrogen and oxygen atoms in total. The van der Waals surface area contributed by atoms with Crippen LogP contribution in [0.3, 0.4) is 0 Å². The lowest BCUT2D eigenvalue weighted by Gasteiger charge is -2.09. The van der Waals surface area contributed by atoms with E-state index in [-0.39, 0.29) is 4.90 Å². The van der Waals surface area contributed by atoms with Crippen molar-refractivity contribution < 1.29 is 12.7 Å². The molecule has 18 heavy (non-hydrogen) atoms. The molecule has 2 aromatic rings. The Kier molecular flexibility index (Phi) is 3.73. The molecule has 94 valence electrons. The van der Waals surface area contributed by atoms with Gasteiger partial charge in [0.1, 0.15) is 4.90 Å². The Hall–Kier alpha value is -1.73. The largest absolute Gasteiger partial charge is 0.314 e. The molecular formula is C12H12N2O3S. The van der Waals surface area contributed by atoms with Gasteiger partial charge in [0.15, 0.2) is 0 Å². The summed E-state index contributed by atoms with van der Waals surface area (Å²) < 4.78 is 28.1. The van der Waals surface area contributed by atoms with Crippen molar-refractivity contribution >= 4 is 10.1 Å². The smallest absolute Gasteiger partial charge is 0.247 e. The van der Waals surface area contributed by atoms with Gasteiger partial charge >= 0.3 is 10.1 Å². The number of nitrogens with two attached hydrogens (primary N) is 1. The second kappa shape index (κ2) is 5.28. The van der Waals surface area contributed by atoms with E-state index in [1.54, 1.807) is 23.8 Å². The van der Waals surface area contributed by atoms with E-state index < -0.39 is 10.1 Å². The van der Waals surface area contributed by atoms with Gasteiger partial charge in [-0.15, -0.1) is 5.59 Å². The molecule has 2 rings (SSSR count). The Morgan fingerprint density at radius 3 is 2.22 bits per heavy atom. The van der Waals surface area contributed by atoms with Crippen LogP contribution in [0, 0.1) is 0 Å². The monoisotopic (exact) mass is 264 g/mol. The summed E-state index contributed by atoms with van der Waals surface area (Å²) >= 11 is 0. The van der Waals surface area contributed by atoms with Gasteiger partial charge in [-0.05, 0) is 11.6 Å². The average molecular weight is 264 g/mol. The van der Waals surface area contributed by atoms with Crippen LogP contribution in [0.5, 0.6) is 0 Å². The topological polar surface area (TPSA) is 81.4 Å². The number of hydrogen-bond donors (Lipinski definition) is 2. The zero-order valence-electron chi connectivity index (χ0n) is 9.41. The third-order valence-electron chi connectivity index (χ3n) is 2.40. The van der Waals surface area contributed by atoms with Crippen molar-refractivity contribution in [3.63, 3.8) is 0 Å². The second-order valence-corrected chi connectivity index (χ2v) is 5.03. The van der Waals surface area contributed by atoms with Crippen molar-refractivity contribution in [2.45, 2.75) is 4.90 Å². The number of rotatable bonds is 4. The normalized spacial score (nSPS) is 11.4. The summed E-state index contributed by atoms with van der Waals surface area (Å²) in [5.41, 5.74) is 3.05. The third-order valence-corrected chi connectivity index (χ3v) is 3.61. The van der Waals surface area contributed by atoms with Crippen LogP contribution in [0.1, 0.15) is 0 Å². The van der Waals surface area contributed by atoms with Crippen LogP contribution in [-0.4, -0.2) is 8.42 Å². The van der Waals surface area contributed by atoms with Crippen molar-refractivity contribution in [3.05, 3.63) is 54.6 Å². The van der Waals surface area contributed by atoms with Crippen molar-refractivity contribution in [1.82, 2.24) is 5.59 Å². The Balaban J connectivity index is 2.58. The molecule has 6 heteroatoms. The molecule has 0 aliphatic heterocycles. The summed E-state index contributed by atoms with van der Waals surface area (Å²) in [5, 5.41) is 0. The molecule has 0 aliphatic carbocycles. The van der Waals surface area contributed by atoms with E-state index in [1.165, 1.54) is 6.07 Å². The molecular weight excluding hydrogens is 252 g/mol. The highest BCUT2D eigenvalue weighted by molar-refractivity contribution is 7.86. The fourth-order valence-corrected chi connectivity index (χ4v) is 2.57. The highest BCUT2D eigenvalue weighted by Crippen LogP contribution is 2.27. The highest BCUT2D eigenvalue weighted by atomic mass is 32.2. The number of hydrogen-bond acceptors (Lipinski definition) is 5. The first kappa shape index (κ1) is 12.7. The zero-order valence-corrected chi connectivity index (χ0v) is 10.2. The van der Waals surface area contributed by atoms with Gasteiger partial charge in [-0.1, -0.05) is 48.5 Å². The first-order valence-corrected chi connectivity index (χ1v) is 6.59. The Labute approximate surface area is 105 Å². The summed E-state index contributed by atoms with van der Waals surface area (Å²) in [6, 6.07) is 15.7. The molecule has 0 spiro atoms. The molecule has 0 radical (unpaired) electrons. The van der Waals surface area contributed by atoms with E-state index in [9.17, 15) is 8.42 Å². The molecule has 2 aromatic carbocycles. The summed E-state index contributed by atoms with van der Waals surface area (Å²) in [6.45, 7) is 0. The number of nitrogens with one attached hydrogen (secondary N) is 1. The SMILES string of the molecule is NNOS(=O)(=O)c1ccccc1-c1ccccc1. The lowest BCUT2D eigenvalue weighted by molar-refractivity contribution is 0.207. The molecule has 0 fully saturated rings. The fraction of sp³-hybridized carbons (Fsp3) is 0. The lowest BCUT2D eigenvalue weighted by Crippen LogP contribution is -2.26. The van der Waals surface area contributed by atoms with Gasteiger partial charge in [-0.2, -0.15) is 12.7 Å². The molecule has 0 saturated carbocycles. The van der Waals surface area contributed by atoms with Crippen LogP contribution < -0.4 is 11.4 Å². The van der Waals surface area contributed by atoms with E-state index in [1.807, 2.05) is 30.3 Å². The van der Waals surface area contributed by atoms with Crippen molar-refractivity contribution in [1.29, 1.82) is 0 Å². The van der Waals surface area contributed by atoms with Crippen LogP contribution in [-0.2, 0) is 14.4 Å². The Morgan fingerprint density at radius 2 is 1.56 bits per heavy atom. The van der Waals surface area contributed by atoms with Gasteiger partial charge in [0.25, 0.3) is 0 Å². The van der Waals surface area contributed by atoms with Gasteiger partial charge in [-0.3, -0.25) is 0 Å². The minimum Gasteiger partial charge on any atom is -0.247 e. The molecule has 0 atom stereocenters. The van der Waals surface area contributed by atoms with Crippen LogP contribution in [0.4, 0.5) is 0 Å². The van der Waals surface area contributed by atoms with Gasteiger partial charge in [0, 0.05) is 5.56 Å². The van der Waals surface area contributed by atoms with E-state index in [4.69, 9.17) is 5.84 Å². The van der Waals surface area contributed by atoms with E-state index in [2.05, 4.69) is 4.28 Å². The summed E-state index contributed by atoms with van der Waals surface area (Å²) in [6.07, 6.45) is 0. The lowest BCUT2D eigenvalue weighted by atomic mass is 10.1. The fourth-order valence-electron chi connectivity index (χ4n) is 1.65. The standard InChI is InChI=1S/C12H12N2O3S/c13-14-17-18(15,16)12-9-5-4-8-11(12)10-6-2-1-3-7-10/h1-9,14H,13H2. The molecule has 3 N–H and O–H groups in total. The quantitative estimate of drug-likeness (QED) is 0.645. The molecule has 0 heterocycles. The van der Waals surface area contributed by atoms with Crippen LogP contribution >= 0.6 is 0 Å². The van der Waals surface area contributed by atoms with Crippen molar-refractivity contribution in [3.8, 4) is 11.1 Å². The molecule has 0 unspecified atom stereocenters. The van der Waals surface area contributed by atoms with Gasteiger partial charge < -0.3 is 0 Å². The maximum atomic E-state index is 11.9. The first-order chi connectivity index (χ1) is 8.65. The maximum absolute atomic E-state index is 11.9. The predicted molar refractivity (Wildman–Crippen MR) is 67.5 cm³/mol. The summed E-state index contributed by atoms with van der Waals surface area (Å²) in [5.74, 6) is 4.89. The number of hydrazine groups is 1. The van der Waals surface area contributed by atoms with E-state index >= 15 is 0 Å². The van der Waals surface area contributed by atoms with Gasteiger partial charge in [0.2, 0.25) is 0 Å². The summed E-state index contributed by atoms with van der Waals surface area (Å²) in [4.78, 5) is 0.0640. The number of benzene rings is 2. The van der Waals surface area contributed by atoms with Crippen LogP contribution in [0.25, 0.3) is 11.1 Å². The maximum Gasteiger partial charge on any atom is 0.314 e. The van der Waals surface area contributed by atoms with E-state index in [0.29, 0.717) is 5.56 Å². The average Bonchev–Trinajstić information content (AvgIpc) is 2.40. The molecule has 0 aliphatic rings. The Morgan fingerprint density at radius 1 is 0.944 bits per heavy atom. The molecule has 0 amide bonds. The molecule has 0 saturated heterocycles. The zero-order chi connectivity index (χ0) is 13.0. The Bertz CT molecular complexity index is 627. The third kappa shape index (κ3) is 2.57. The predicted octanol–water partition coefficient (Wildman–Crippen LogP) is 1.44. The van der Waals surface area contributed by atoms with E-state index in [0.717, 1.165) is 5.56 Å². The minimum absolute atomic E-state index is 0.0640. The van der Waals surface area contributed by atoms with Crippen LogP contribution in [0.15, 0.2) is 59.5 Å². The van der Waals surface area contributed by atoms with Crippen molar-refractivity contribution in [2.24, 2.45) is 5.84 Å². The summed E-state index contributed by atoms with van der Waals surface area (Å²) in [7, 11) is -3.93. The first-order valence-electron chi connectivity index (χ1n) is 5.18. The van der Waals surface area contributed by atoms with Crippen molar-refractivity contribution in [2.75, 3.05) is 0 Å². The molecule has 0 bridgehead atoms.